The minimum atomic E-state index is -3.66. The average molecular weight is 413 g/mol. The van der Waals surface area contributed by atoms with Gasteiger partial charge in [0.1, 0.15) is 12.4 Å². The zero-order valence-electron chi connectivity index (χ0n) is 16.6. The molecule has 2 aromatic rings. The molecule has 0 N–H and O–H groups in total. The molecule has 2 aromatic carbocycles. The number of anilines is 1. The molecule has 7 heteroatoms. The van der Waals surface area contributed by atoms with Crippen LogP contribution in [0.5, 0.6) is 5.75 Å². The van der Waals surface area contributed by atoms with Gasteiger partial charge in [0.25, 0.3) is 0 Å². The topological polar surface area (TPSA) is 66.9 Å². The van der Waals surface area contributed by atoms with Crippen LogP contribution in [0.4, 0.5) is 5.69 Å². The van der Waals surface area contributed by atoms with E-state index in [4.69, 9.17) is 4.74 Å². The normalized spacial score (nSPS) is 17.3. The van der Waals surface area contributed by atoms with Crippen molar-refractivity contribution >= 4 is 27.2 Å². The Hall–Kier alpha value is -2.64. The number of benzene rings is 2. The van der Waals surface area contributed by atoms with E-state index in [0.29, 0.717) is 49.7 Å². The van der Waals surface area contributed by atoms with E-state index in [-0.39, 0.29) is 10.8 Å². The Kier molecular flexibility index (Phi) is 5.19. The molecule has 0 saturated heterocycles. The zero-order valence-corrected chi connectivity index (χ0v) is 17.4. The molecule has 0 aromatic heterocycles. The highest BCUT2D eigenvalue weighted by atomic mass is 32.2. The second-order valence-corrected chi connectivity index (χ2v) is 9.22. The first-order valence-corrected chi connectivity index (χ1v) is 11.1. The van der Waals surface area contributed by atoms with Crippen molar-refractivity contribution in [1.29, 1.82) is 0 Å². The van der Waals surface area contributed by atoms with Crippen LogP contribution in [0.25, 0.3) is 5.57 Å². The van der Waals surface area contributed by atoms with E-state index in [1.54, 1.807) is 24.0 Å². The van der Waals surface area contributed by atoms with E-state index in [1.807, 2.05) is 36.4 Å². The van der Waals surface area contributed by atoms with E-state index in [2.05, 4.69) is 0 Å². The van der Waals surface area contributed by atoms with Gasteiger partial charge in [-0.2, -0.15) is 4.31 Å². The molecule has 29 heavy (non-hydrogen) atoms. The van der Waals surface area contributed by atoms with Crippen LogP contribution in [-0.2, 0) is 14.8 Å². The van der Waals surface area contributed by atoms with Crippen LogP contribution in [-0.4, -0.2) is 44.9 Å². The lowest BCUT2D eigenvalue weighted by Gasteiger charge is -2.31. The predicted octanol–water partition coefficient (Wildman–Crippen LogP) is 3.22. The lowest BCUT2D eigenvalue weighted by atomic mass is 10.0. The van der Waals surface area contributed by atoms with E-state index >= 15 is 0 Å². The maximum atomic E-state index is 13.3. The Morgan fingerprint density at radius 3 is 2.52 bits per heavy atom. The van der Waals surface area contributed by atoms with Gasteiger partial charge in [-0.3, -0.25) is 4.79 Å². The third-order valence-corrected chi connectivity index (χ3v) is 7.44. The summed E-state index contributed by atoms with van der Waals surface area (Å²) in [6.45, 7) is 4.84. The van der Waals surface area contributed by atoms with Gasteiger partial charge in [0.2, 0.25) is 15.9 Å². The van der Waals surface area contributed by atoms with Gasteiger partial charge in [-0.1, -0.05) is 36.4 Å². The first kappa shape index (κ1) is 19.7. The van der Waals surface area contributed by atoms with Crippen molar-refractivity contribution in [3.8, 4) is 5.75 Å². The summed E-state index contributed by atoms with van der Waals surface area (Å²) in [5.41, 5.74) is 3.54. The number of carbonyl (C=O) groups excluding carboxylic acids is 1. The van der Waals surface area contributed by atoms with Crippen molar-refractivity contribution in [2.24, 2.45) is 0 Å². The minimum absolute atomic E-state index is 0.0841. The number of sulfonamides is 1. The Bertz CT molecular complexity index is 1080. The number of carbonyl (C=O) groups is 1. The van der Waals surface area contributed by atoms with Gasteiger partial charge in [-0.25, -0.2) is 8.42 Å². The highest BCUT2D eigenvalue weighted by Crippen LogP contribution is 2.37. The molecule has 0 spiro atoms. The van der Waals surface area contributed by atoms with Crippen LogP contribution in [0, 0.1) is 6.92 Å². The highest BCUT2D eigenvalue weighted by Gasteiger charge is 2.31. The van der Waals surface area contributed by atoms with E-state index < -0.39 is 10.0 Å². The number of rotatable bonds is 3. The SMILES string of the molecule is CC(=O)N1CCOc2cc(S(=O)(=O)N3CC=C(c4ccccc4)CC3)c(C)cc21. The molecule has 0 aliphatic carbocycles. The molecule has 2 aliphatic heterocycles. The van der Waals surface area contributed by atoms with E-state index in [1.165, 1.54) is 16.8 Å². The second-order valence-electron chi connectivity index (χ2n) is 7.31. The molecular formula is C22H24N2O4S. The van der Waals surface area contributed by atoms with Crippen molar-refractivity contribution < 1.29 is 17.9 Å². The maximum absolute atomic E-state index is 13.3. The number of ether oxygens (including phenoxy) is 1. The Balaban J connectivity index is 1.63. The highest BCUT2D eigenvalue weighted by molar-refractivity contribution is 7.89. The van der Waals surface area contributed by atoms with Crippen molar-refractivity contribution in [3.63, 3.8) is 0 Å². The number of hydrogen-bond acceptors (Lipinski definition) is 4. The molecule has 0 bridgehead atoms. The number of amides is 1. The van der Waals surface area contributed by atoms with Crippen molar-refractivity contribution in [3.05, 3.63) is 59.7 Å². The largest absolute Gasteiger partial charge is 0.489 e. The number of fused-ring (bicyclic) bond motifs is 1. The summed E-state index contributed by atoms with van der Waals surface area (Å²) in [4.78, 5) is 13.7. The third-order valence-electron chi connectivity index (χ3n) is 5.43. The number of hydrogen-bond donors (Lipinski definition) is 0. The fourth-order valence-corrected chi connectivity index (χ4v) is 5.48. The Morgan fingerprint density at radius 1 is 1.10 bits per heavy atom. The molecule has 2 heterocycles. The summed E-state index contributed by atoms with van der Waals surface area (Å²) < 4.78 is 33.8. The lowest BCUT2D eigenvalue weighted by molar-refractivity contribution is -0.116. The molecular weight excluding hydrogens is 388 g/mol. The minimum Gasteiger partial charge on any atom is -0.489 e. The van der Waals surface area contributed by atoms with Gasteiger partial charge in [0.05, 0.1) is 17.1 Å². The summed E-state index contributed by atoms with van der Waals surface area (Å²) in [6.07, 6.45) is 2.65. The molecule has 0 fully saturated rings. The van der Waals surface area contributed by atoms with Crippen LogP contribution in [0.15, 0.2) is 53.4 Å². The third kappa shape index (κ3) is 3.68. The predicted molar refractivity (Wildman–Crippen MR) is 112 cm³/mol. The molecule has 4 rings (SSSR count). The Labute approximate surface area is 171 Å². The van der Waals surface area contributed by atoms with Crippen LogP contribution in [0.1, 0.15) is 24.5 Å². The molecule has 0 saturated carbocycles. The first-order chi connectivity index (χ1) is 13.9. The van der Waals surface area contributed by atoms with Crippen LogP contribution in [0.3, 0.4) is 0 Å². The van der Waals surface area contributed by atoms with Gasteiger partial charge in [-0.15, -0.1) is 0 Å². The standard InChI is InChI=1S/C22H24N2O4S/c1-16-14-20-21(28-13-12-24(20)17(2)25)15-22(16)29(26,27)23-10-8-19(9-11-23)18-6-4-3-5-7-18/h3-8,14-15H,9-13H2,1-2H3. The molecule has 2 aliphatic rings. The second kappa shape index (κ2) is 7.65. The van der Waals surface area contributed by atoms with Crippen molar-refractivity contribution in [2.75, 3.05) is 31.1 Å². The molecule has 0 radical (unpaired) electrons. The van der Waals surface area contributed by atoms with Gasteiger partial charge >= 0.3 is 0 Å². The molecule has 1 amide bonds. The van der Waals surface area contributed by atoms with Crippen LogP contribution >= 0.6 is 0 Å². The average Bonchev–Trinajstić information content (AvgIpc) is 2.73. The van der Waals surface area contributed by atoms with Crippen LogP contribution < -0.4 is 9.64 Å². The van der Waals surface area contributed by atoms with E-state index in [0.717, 1.165) is 5.56 Å². The van der Waals surface area contributed by atoms with Crippen molar-refractivity contribution in [2.45, 2.75) is 25.2 Å². The monoisotopic (exact) mass is 412 g/mol. The summed E-state index contributed by atoms with van der Waals surface area (Å²) in [6, 6.07) is 13.3. The van der Waals surface area contributed by atoms with E-state index in [9.17, 15) is 13.2 Å². The quantitative estimate of drug-likeness (QED) is 0.776. The first-order valence-electron chi connectivity index (χ1n) is 9.68. The summed E-state index contributed by atoms with van der Waals surface area (Å²) in [7, 11) is -3.66. The van der Waals surface area contributed by atoms with Crippen LogP contribution in [0.2, 0.25) is 0 Å². The van der Waals surface area contributed by atoms with Crippen molar-refractivity contribution in [1.82, 2.24) is 4.31 Å². The fourth-order valence-electron chi connectivity index (χ4n) is 3.88. The fraction of sp³-hybridized carbons (Fsp3) is 0.318. The smallest absolute Gasteiger partial charge is 0.243 e. The van der Waals surface area contributed by atoms with Gasteiger partial charge in [0, 0.05) is 26.1 Å². The molecule has 152 valence electrons. The maximum Gasteiger partial charge on any atom is 0.243 e. The lowest BCUT2D eigenvalue weighted by Crippen LogP contribution is -2.37. The number of nitrogens with zero attached hydrogens (tertiary/aromatic N) is 2. The summed E-state index contributed by atoms with van der Waals surface area (Å²) in [5, 5.41) is 0. The molecule has 6 nitrogen and oxygen atoms in total. The Morgan fingerprint density at radius 2 is 1.86 bits per heavy atom. The molecule has 0 atom stereocenters. The number of aryl methyl sites for hydroxylation is 1. The summed E-state index contributed by atoms with van der Waals surface area (Å²) in [5.74, 6) is 0.354. The zero-order chi connectivity index (χ0) is 20.6. The van der Waals surface area contributed by atoms with Gasteiger partial charge in [-0.05, 0) is 36.1 Å². The summed E-state index contributed by atoms with van der Waals surface area (Å²) >= 11 is 0. The van der Waals surface area contributed by atoms with Gasteiger partial charge in [0.15, 0.2) is 0 Å². The van der Waals surface area contributed by atoms with Gasteiger partial charge < -0.3 is 9.64 Å². The molecule has 0 unspecified atom stereocenters.